The number of nitrogens with zero attached hydrogens (tertiary/aromatic N) is 9. The molecule has 0 aliphatic carbocycles. The highest BCUT2D eigenvalue weighted by atomic mass is 16.6. The van der Waals surface area contributed by atoms with Gasteiger partial charge in [-0.15, -0.1) is 0 Å². The molecule has 1 aromatic rings. The first kappa shape index (κ1) is 88.2. The van der Waals surface area contributed by atoms with Gasteiger partial charge in [0.1, 0.15) is 84.7 Å². The Bertz CT molecular complexity index is 3430. The van der Waals surface area contributed by atoms with Crippen molar-refractivity contribution in [2.75, 3.05) is 61.4 Å². The lowest BCUT2D eigenvalue weighted by Crippen LogP contribution is -2.65. The summed E-state index contributed by atoms with van der Waals surface area (Å²) < 4.78 is 17.6. The van der Waals surface area contributed by atoms with E-state index in [1.54, 1.807) is 85.7 Å². The Hall–Kier alpha value is -8.73. The summed E-state index contributed by atoms with van der Waals surface area (Å²) in [4.78, 5) is 234. The number of carbonyl (C=O) groups excluding carboxylic acids is 15. The van der Waals surface area contributed by atoms with E-state index in [1.165, 1.54) is 85.4 Å². The number of likely N-dealkylation sites (N-methyl/N-ethyl adjacent to an activating group) is 5. The number of fused-ring (bicyclic) bond motifs is 4. The first-order valence-electron chi connectivity index (χ1n) is 38.8. The van der Waals surface area contributed by atoms with Crippen molar-refractivity contribution in [3.63, 3.8) is 0 Å². The third-order valence-corrected chi connectivity index (χ3v) is 22.5. The minimum Gasteiger partial charge on any atom is -0.460 e. The maximum absolute atomic E-state index is 15.6. The second-order valence-corrected chi connectivity index (χ2v) is 31.4. The fraction of sp³-hybridized carbons (Fsp3) is 0.731. The number of rotatable bonds is 13. The highest BCUT2D eigenvalue weighted by molar-refractivity contribution is 6.01. The number of nitrogens with one attached hydrogen (secondary N) is 3. The smallest absolute Gasteiger partial charge is 0.329 e. The Morgan fingerprint density at radius 1 is 0.417 bits per heavy atom. The number of piperidine rings is 2. The Morgan fingerprint density at radius 3 is 1.35 bits per heavy atom. The summed E-state index contributed by atoms with van der Waals surface area (Å²) >= 11 is 0. The van der Waals surface area contributed by atoms with Gasteiger partial charge in [-0.3, -0.25) is 67.1 Å². The third kappa shape index (κ3) is 20.6. The number of cyclic esters (lactones) is 1. The Morgan fingerprint density at radius 2 is 0.824 bits per heavy atom. The van der Waals surface area contributed by atoms with Crippen LogP contribution in [0.4, 0.5) is 0 Å². The van der Waals surface area contributed by atoms with Gasteiger partial charge in [0.05, 0.1) is 0 Å². The van der Waals surface area contributed by atoms with E-state index in [2.05, 4.69) is 16.0 Å². The minimum atomic E-state index is -1.69. The molecule has 6 rings (SSSR count). The summed E-state index contributed by atoms with van der Waals surface area (Å²) in [6, 6.07) is -6.99. The molecule has 5 aliphatic rings. The van der Waals surface area contributed by atoms with Crippen molar-refractivity contribution in [2.45, 2.75) is 278 Å². The summed E-state index contributed by atoms with van der Waals surface area (Å²) in [7, 11) is 6.76. The normalized spacial score (nSPS) is 29.0. The van der Waals surface area contributed by atoms with Crippen LogP contribution in [0.15, 0.2) is 30.3 Å². The van der Waals surface area contributed by atoms with Crippen LogP contribution in [0.2, 0.25) is 0 Å². The molecular weight excluding hydrogens is 1390 g/mol. The number of benzene rings is 1. The van der Waals surface area contributed by atoms with Crippen LogP contribution in [0.3, 0.4) is 0 Å². The molecule has 602 valence electrons. The quantitative estimate of drug-likeness (QED) is 0.188. The highest BCUT2D eigenvalue weighted by Gasteiger charge is 2.51. The van der Waals surface area contributed by atoms with Crippen molar-refractivity contribution in [2.24, 2.45) is 29.6 Å². The molecule has 0 aromatic heterocycles. The van der Waals surface area contributed by atoms with Gasteiger partial charge >= 0.3 is 17.9 Å². The molecule has 12 amide bonds. The van der Waals surface area contributed by atoms with Crippen molar-refractivity contribution in [1.82, 2.24) is 60.0 Å². The van der Waals surface area contributed by atoms with Crippen LogP contribution in [-0.4, -0.2) is 285 Å². The molecule has 5 saturated heterocycles. The van der Waals surface area contributed by atoms with Crippen LogP contribution >= 0.6 is 0 Å². The van der Waals surface area contributed by atoms with Gasteiger partial charge < -0.3 is 74.3 Å². The molecule has 1 aromatic carbocycles. The molecule has 108 heavy (non-hydrogen) atoms. The van der Waals surface area contributed by atoms with Crippen LogP contribution in [0.25, 0.3) is 0 Å². The topological polar surface area (TPSA) is 349 Å². The van der Waals surface area contributed by atoms with Gasteiger partial charge in [-0.05, 0) is 120 Å². The van der Waals surface area contributed by atoms with Crippen LogP contribution < -0.4 is 16.0 Å². The van der Waals surface area contributed by atoms with Gasteiger partial charge in [0.2, 0.25) is 65.0 Å². The lowest BCUT2D eigenvalue weighted by Gasteiger charge is -2.43. The monoisotopic (exact) mass is 1510 g/mol. The maximum Gasteiger partial charge on any atom is 0.329 e. The molecule has 0 radical (unpaired) electrons. The fourth-order valence-corrected chi connectivity index (χ4v) is 16.2. The second kappa shape index (κ2) is 39.1. The molecule has 0 spiro atoms. The van der Waals surface area contributed by atoms with Crippen LogP contribution in [-0.2, 0) is 92.5 Å². The van der Waals surface area contributed by atoms with Gasteiger partial charge in [-0.1, -0.05) is 112 Å². The third-order valence-electron chi connectivity index (χ3n) is 22.5. The minimum absolute atomic E-state index is 0.0583. The lowest BCUT2D eigenvalue weighted by molar-refractivity contribution is -0.171. The number of hydrogen-bond donors (Lipinski definition) is 3. The number of amides is 12. The largest absolute Gasteiger partial charge is 0.460 e. The zero-order valence-electron chi connectivity index (χ0n) is 67.3. The van der Waals surface area contributed by atoms with Gasteiger partial charge in [0, 0.05) is 81.7 Å². The second-order valence-electron chi connectivity index (χ2n) is 31.4. The molecule has 5 fully saturated rings. The van der Waals surface area contributed by atoms with Crippen molar-refractivity contribution in [1.29, 1.82) is 0 Å². The van der Waals surface area contributed by atoms with Crippen LogP contribution in [0.1, 0.15) is 186 Å². The number of carbonyl (C=O) groups is 15. The van der Waals surface area contributed by atoms with Crippen LogP contribution in [0, 0.1) is 29.6 Å². The van der Waals surface area contributed by atoms with Gasteiger partial charge in [-0.25, -0.2) is 4.79 Å². The Balaban J connectivity index is 1.48. The van der Waals surface area contributed by atoms with Crippen LogP contribution in [0.5, 0.6) is 0 Å². The lowest BCUT2D eigenvalue weighted by atomic mass is 9.92. The SMILES string of the molecule is CCC(C)[C@H]1C(=O)N2CCCC[C@H]2C(=O)O[C@H](Cc2ccccc2)C(=O)N(C)[C@@H](C(C)C)C(=O)N2CCC[C@H]2C(=O)N[C@@H]([C@@H](C)CC)C(=O)N2CCCC[C@H]2C(=O)N[C@@H](C)C(=O)N2CCC[C@H]2C(=O)N(C)[C@@H](C(C)OC(C)=O)C(=O)N[C@@H](C(C)C)C(=O)N(C)[C@@H](C(C)OC(C)=O)C(=O)N(C)[C@@H](C(C)C)C(=O)N1C. The summed E-state index contributed by atoms with van der Waals surface area (Å²) in [6.45, 7) is 24.1. The predicted octanol–water partition coefficient (Wildman–Crippen LogP) is 3.47. The molecule has 0 bridgehead atoms. The van der Waals surface area contributed by atoms with Crippen molar-refractivity contribution in [3.05, 3.63) is 35.9 Å². The summed E-state index contributed by atoms with van der Waals surface area (Å²) in [5, 5.41) is 8.52. The molecule has 5 aliphatic heterocycles. The van der Waals surface area contributed by atoms with E-state index in [-0.39, 0.29) is 58.3 Å². The zero-order valence-corrected chi connectivity index (χ0v) is 67.3. The summed E-state index contributed by atoms with van der Waals surface area (Å²) in [5.41, 5.74) is 0.609. The average Bonchev–Trinajstić information content (AvgIpc) is 1.02. The predicted molar refractivity (Wildman–Crippen MR) is 398 cm³/mol. The van der Waals surface area contributed by atoms with Crippen molar-refractivity contribution < 1.29 is 86.1 Å². The first-order chi connectivity index (χ1) is 50.7. The Kier molecular flexibility index (Phi) is 31.9. The van der Waals surface area contributed by atoms with E-state index in [1.807, 2.05) is 13.8 Å². The standard InChI is InChI=1S/C78H122N12O18/c1-21-46(9)60-73(100)87-38-28-26-34-54(87)66(93)79-48(11)69(96)89-41-31-37-56(89)70(97)85(19)64(49(12)106-51(14)91)68(95)80-59(43(3)4)72(99)86(20)65(50(13)107-52(15)92)75(102)83(17)61(44(5)6)74(101)84(18)63(47(10)22-2)77(104)90-39-29-27-35-57(90)78(105)108-58(42-53-32-24-23-25-33-53)71(98)82(16)62(45(7)8)76(103)88-40-30-36-55(88)67(94)81-60/h23-25,32-33,43-50,54-65H,21-22,26-31,34-42H2,1-20H3,(H,79,93)(H,80,95)(H,81,94)/t46-,47?,48-,49?,50?,54-,55-,56-,57-,58+,59-,60-,61-,62-,63-,64-,65-/m0/s1. The molecule has 17 atom stereocenters. The van der Waals surface area contributed by atoms with Gasteiger partial charge in [0.25, 0.3) is 5.91 Å². The number of hydrogen-bond acceptors (Lipinski definition) is 18. The first-order valence-corrected chi connectivity index (χ1v) is 38.8. The van der Waals surface area contributed by atoms with E-state index in [9.17, 15) is 24.0 Å². The van der Waals surface area contributed by atoms with Crippen molar-refractivity contribution in [3.8, 4) is 0 Å². The van der Waals surface area contributed by atoms with Crippen molar-refractivity contribution >= 4 is 88.8 Å². The number of ether oxygens (including phenoxy) is 3. The van der Waals surface area contributed by atoms with E-state index in [0.717, 1.165) is 28.5 Å². The van der Waals surface area contributed by atoms with E-state index < -0.39 is 209 Å². The average molecular weight is 1520 g/mol. The molecule has 5 heterocycles. The molecule has 30 heteroatoms. The van der Waals surface area contributed by atoms with E-state index >= 15 is 47.9 Å². The summed E-state index contributed by atoms with van der Waals surface area (Å²) in [5.74, 6) is -14.2. The van der Waals surface area contributed by atoms with Gasteiger partial charge in [0.15, 0.2) is 6.10 Å². The molecular formula is C78H122N12O18. The van der Waals surface area contributed by atoms with Gasteiger partial charge in [-0.2, -0.15) is 0 Å². The number of esters is 3. The van der Waals surface area contributed by atoms with E-state index in [0.29, 0.717) is 56.9 Å². The Labute approximate surface area is 637 Å². The summed E-state index contributed by atoms with van der Waals surface area (Å²) in [6.07, 6.45) is -0.332. The highest BCUT2D eigenvalue weighted by Crippen LogP contribution is 2.32. The molecule has 3 unspecified atom stereocenters. The zero-order chi connectivity index (χ0) is 80.8. The van der Waals surface area contributed by atoms with E-state index in [4.69, 9.17) is 14.2 Å². The molecule has 0 saturated carbocycles. The molecule has 3 N–H and O–H groups in total. The molecule has 30 nitrogen and oxygen atoms in total. The maximum atomic E-state index is 15.6. The fourth-order valence-electron chi connectivity index (χ4n) is 16.2.